The highest BCUT2D eigenvalue weighted by Crippen LogP contribution is 2.31. The zero-order chi connectivity index (χ0) is 15.1. The van der Waals surface area contributed by atoms with Gasteiger partial charge in [-0.15, -0.1) is 0 Å². The van der Waals surface area contributed by atoms with Gasteiger partial charge in [-0.3, -0.25) is 4.90 Å². The minimum atomic E-state index is 0.416. The lowest BCUT2D eigenvalue weighted by Gasteiger charge is -2.21. The molecule has 2 nitrogen and oxygen atoms in total. The van der Waals surface area contributed by atoms with Crippen molar-refractivity contribution in [2.75, 3.05) is 30.7 Å². The second-order valence-electron chi connectivity index (χ2n) is 5.27. The van der Waals surface area contributed by atoms with Gasteiger partial charge in [0.15, 0.2) is 0 Å². The van der Waals surface area contributed by atoms with Gasteiger partial charge in [0.25, 0.3) is 0 Å². The summed E-state index contributed by atoms with van der Waals surface area (Å²) >= 11 is 8.63. The van der Waals surface area contributed by atoms with Crippen molar-refractivity contribution < 1.29 is 4.74 Å². The van der Waals surface area contributed by atoms with E-state index in [9.17, 15) is 0 Å². The average Bonchev–Trinajstić information content (AvgIpc) is 2.41. The molecule has 1 rings (SSSR count). The molecule has 4 heteroatoms. The topological polar surface area (TPSA) is 12.5 Å². The fourth-order valence-corrected chi connectivity index (χ4v) is 2.93. The number of likely N-dealkylation sites (N-methyl/N-ethyl adjacent to an activating group) is 1. The van der Waals surface area contributed by atoms with E-state index >= 15 is 0 Å². The lowest BCUT2D eigenvalue weighted by molar-refractivity contribution is 0.223. The third-order valence-electron chi connectivity index (χ3n) is 3.43. The van der Waals surface area contributed by atoms with Gasteiger partial charge in [-0.25, -0.2) is 0 Å². The first-order valence-electron chi connectivity index (χ1n) is 7.20. The summed E-state index contributed by atoms with van der Waals surface area (Å²) in [7, 11) is 0. The van der Waals surface area contributed by atoms with Crippen LogP contribution in [0.2, 0.25) is 5.02 Å². The Labute approximate surface area is 142 Å². The number of alkyl halides is 1. The Kier molecular flexibility index (Phi) is 8.22. The van der Waals surface area contributed by atoms with Gasteiger partial charge in [0, 0.05) is 22.5 Å². The molecule has 0 aliphatic heterocycles. The summed E-state index contributed by atoms with van der Waals surface area (Å²) in [5, 5.41) is 0.821. The quantitative estimate of drug-likeness (QED) is 0.447. The van der Waals surface area contributed by atoms with Gasteiger partial charge in [0.1, 0.15) is 12.4 Å². The Morgan fingerprint density at radius 1 is 1.30 bits per heavy atom. The molecule has 0 aliphatic rings. The van der Waals surface area contributed by atoms with Crippen molar-refractivity contribution in [3.63, 3.8) is 0 Å². The minimum absolute atomic E-state index is 0.416. The normalized spacial score (nSPS) is 11.4. The number of aryl methyl sites for hydroxylation is 1. The van der Waals surface area contributed by atoms with Gasteiger partial charge in [-0.05, 0) is 42.6 Å². The Morgan fingerprint density at radius 3 is 2.55 bits per heavy atom. The zero-order valence-electron chi connectivity index (χ0n) is 12.9. The van der Waals surface area contributed by atoms with Crippen molar-refractivity contribution in [1.82, 2.24) is 4.90 Å². The molecular formula is C16H25ClINO. The third kappa shape index (κ3) is 5.41. The molecule has 0 bridgehead atoms. The molecule has 0 radical (unpaired) electrons. The van der Waals surface area contributed by atoms with Gasteiger partial charge >= 0.3 is 0 Å². The molecule has 114 valence electrons. The van der Waals surface area contributed by atoms with Crippen LogP contribution in [0.3, 0.4) is 0 Å². The number of nitrogens with zero attached hydrogens (tertiary/aromatic N) is 1. The molecule has 0 saturated heterocycles. The first kappa shape index (κ1) is 18.1. The number of rotatable bonds is 8. The van der Waals surface area contributed by atoms with E-state index in [2.05, 4.69) is 54.3 Å². The molecule has 0 aliphatic carbocycles. The highest BCUT2D eigenvalue weighted by molar-refractivity contribution is 14.1. The first-order chi connectivity index (χ1) is 9.49. The molecule has 0 fully saturated rings. The molecule has 0 spiro atoms. The van der Waals surface area contributed by atoms with Crippen molar-refractivity contribution in [1.29, 1.82) is 0 Å². The predicted molar refractivity (Wildman–Crippen MR) is 96.8 cm³/mol. The number of benzene rings is 1. The van der Waals surface area contributed by atoms with E-state index in [1.165, 1.54) is 5.56 Å². The van der Waals surface area contributed by atoms with Crippen LogP contribution >= 0.6 is 34.2 Å². The predicted octanol–water partition coefficient (Wildman–Crippen LogP) is 4.91. The molecule has 0 heterocycles. The van der Waals surface area contributed by atoms with E-state index in [0.29, 0.717) is 5.92 Å². The minimum Gasteiger partial charge on any atom is -0.492 e. The maximum Gasteiger partial charge on any atom is 0.123 e. The van der Waals surface area contributed by atoms with Crippen LogP contribution in [-0.2, 0) is 0 Å². The van der Waals surface area contributed by atoms with Crippen LogP contribution in [0.5, 0.6) is 5.75 Å². The third-order valence-corrected chi connectivity index (χ3v) is 4.32. The standard InChI is InChI=1S/C16H25ClINO/c1-5-19(7-6-18)8-9-20-16-10-13(4)15(17)11-14(16)12(2)3/h10-12H,5-9H2,1-4H3. The van der Waals surface area contributed by atoms with E-state index in [-0.39, 0.29) is 0 Å². The monoisotopic (exact) mass is 409 g/mol. The number of hydrogen-bond acceptors (Lipinski definition) is 2. The molecule has 0 atom stereocenters. The van der Waals surface area contributed by atoms with Crippen LogP contribution in [0.1, 0.15) is 37.8 Å². The van der Waals surface area contributed by atoms with Crippen LogP contribution in [0.4, 0.5) is 0 Å². The highest BCUT2D eigenvalue weighted by atomic mass is 127. The van der Waals surface area contributed by atoms with Crippen molar-refractivity contribution in [2.45, 2.75) is 33.6 Å². The van der Waals surface area contributed by atoms with E-state index in [1.54, 1.807) is 0 Å². The van der Waals surface area contributed by atoms with Crippen molar-refractivity contribution in [3.05, 3.63) is 28.3 Å². The first-order valence-corrected chi connectivity index (χ1v) is 9.11. The Morgan fingerprint density at radius 2 is 2.00 bits per heavy atom. The molecule has 1 aromatic carbocycles. The average molecular weight is 410 g/mol. The van der Waals surface area contributed by atoms with E-state index in [4.69, 9.17) is 16.3 Å². The Bertz CT molecular complexity index is 423. The summed E-state index contributed by atoms with van der Waals surface area (Å²) < 4.78 is 7.17. The molecule has 1 aromatic rings. The maximum absolute atomic E-state index is 6.21. The second-order valence-corrected chi connectivity index (χ2v) is 6.75. The molecule has 0 N–H and O–H groups in total. The molecule has 0 aromatic heterocycles. The van der Waals surface area contributed by atoms with Crippen molar-refractivity contribution in [3.8, 4) is 5.75 Å². The lowest BCUT2D eigenvalue weighted by atomic mass is 10.0. The number of halogens is 2. The largest absolute Gasteiger partial charge is 0.492 e. The van der Waals surface area contributed by atoms with Crippen LogP contribution in [0.25, 0.3) is 0 Å². The summed E-state index contributed by atoms with van der Waals surface area (Å²) in [6.07, 6.45) is 0. The van der Waals surface area contributed by atoms with Crippen molar-refractivity contribution in [2.24, 2.45) is 0 Å². The Hall–Kier alpha value is -0.000000000000000111. The van der Waals surface area contributed by atoms with Crippen LogP contribution in [0, 0.1) is 6.92 Å². The van der Waals surface area contributed by atoms with Crippen LogP contribution < -0.4 is 4.74 Å². The van der Waals surface area contributed by atoms with Gasteiger partial charge < -0.3 is 4.74 Å². The fourth-order valence-electron chi connectivity index (χ4n) is 2.08. The molecular weight excluding hydrogens is 385 g/mol. The highest BCUT2D eigenvalue weighted by Gasteiger charge is 2.11. The maximum atomic E-state index is 6.21. The van der Waals surface area contributed by atoms with Gasteiger partial charge in [0.05, 0.1) is 0 Å². The summed E-state index contributed by atoms with van der Waals surface area (Å²) in [6.45, 7) is 12.4. The van der Waals surface area contributed by atoms with Gasteiger partial charge in [0.2, 0.25) is 0 Å². The Balaban J connectivity index is 2.69. The summed E-state index contributed by atoms with van der Waals surface area (Å²) in [6, 6.07) is 4.10. The number of hydrogen-bond donors (Lipinski definition) is 0. The van der Waals surface area contributed by atoms with Crippen LogP contribution in [-0.4, -0.2) is 35.6 Å². The molecule has 0 saturated carbocycles. The van der Waals surface area contributed by atoms with Gasteiger partial charge in [-0.2, -0.15) is 0 Å². The zero-order valence-corrected chi connectivity index (χ0v) is 15.8. The number of ether oxygens (including phenoxy) is 1. The summed E-state index contributed by atoms with van der Waals surface area (Å²) in [5.74, 6) is 1.40. The van der Waals surface area contributed by atoms with E-state index in [1.807, 2.05) is 13.0 Å². The summed E-state index contributed by atoms with van der Waals surface area (Å²) in [4.78, 5) is 2.41. The molecule has 0 unspecified atom stereocenters. The molecule has 20 heavy (non-hydrogen) atoms. The van der Waals surface area contributed by atoms with Crippen molar-refractivity contribution >= 4 is 34.2 Å². The smallest absolute Gasteiger partial charge is 0.123 e. The summed E-state index contributed by atoms with van der Waals surface area (Å²) in [5.41, 5.74) is 2.27. The SMILES string of the molecule is CCN(CCI)CCOc1cc(C)c(Cl)cc1C(C)C. The van der Waals surface area contributed by atoms with Crippen LogP contribution in [0.15, 0.2) is 12.1 Å². The van der Waals surface area contributed by atoms with Gasteiger partial charge in [-0.1, -0.05) is 55.0 Å². The van der Waals surface area contributed by atoms with E-state index < -0.39 is 0 Å². The fraction of sp³-hybridized carbons (Fsp3) is 0.625. The molecule has 0 amide bonds. The lowest BCUT2D eigenvalue weighted by Crippen LogP contribution is -2.30. The second kappa shape index (κ2) is 9.11. The van der Waals surface area contributed by atoms with E-state index in [0.717, 1.165) is 47.0 Å².